The Labute approximate surface area is 199 Å². The lowest BCUT2D eigenvalue weighted by atomic mass is 9.98. The van der Waals surface area contributed by atoms with E-state index in [1.807, 2.05) is 60.5 Å². The average molecular weight is 470 g/mol. The Morgan fingerprint density at radius 2 is 1.65 bits per heavy atom. The van der Waals surface area contributed by atoms with Gasteiger partial charge in [-0.25, -0.2) is 4.79 Å². The molecule has 9 heteroatoms. The summed E-state index contributed by atoms with van der Waals surface area (Å²) in [4.78, 5) is 38.2. The van der Waals surface area contributed by atoms with Gasteiger partial charge in [0.15, 0.2) is 0 Å². The second-order valence-corrected chi connectivity index (χ2v) is 8.21. The van der Waals surface area contributed by atoms with Crippen molar-refractivity contribution in [1.82, 2.24) is 15.5 Å². The number of alkyl carbamates (subject to hydrolysis) is 1. The van der Waals surface area contributed by atoms with Gasteiger partial charge in [-0.3, -0.25) is 9.59 Å². The summed E-state index contributed by atoms with van der Waals surface area (Å²) in [7, 11) is 3.50. The number of likely N-dealkylation sites (N-methyl/N-ethyl adjacent to an activating group) is 1. The van der Waals surface area contributed by atoms with Gasteiger partial charge in [0.1, 0.15) is 12.6 Å². The molecule has 2 aromatic rings. The van der Waals surface area contributed by atoms with E-state index < -0.39 is 30.4 Å². The van der Waals surface area contributed by atoms with Gasteiger partial charge in [-0.05, 0) is 29.3 Å². The van der Waals surface area contributed by atoms with E-state index in [4.69, 9.17) is 9.47 Å². The monoisotopic (exact) mass is 469 g/mol. The number of nitrogens with one attached hydrogen (secondary N) is 2. The lowest BCUT2D eigenvalue weighted by molar-refractivity contribution is -0.139. The number of amides is 2. The molecule has 1 atom stereocenters. The fraction of sp³-hybridized carbons (Fsp3) is 0.400. The molecule has 0 fully saturated rings. The molecule has 3 N–H and O–H groups in total. The third-order valence-electron chi connectivity index (χ3n) is 5.80. The maximum atomic E-state index is 12.5. The third-order valence-corrected chi connectivity index (χ3v) is 5.80. The van der Waals surface area contributed by atoms with Gasteiger partial charge in [-0.2, -0.15) is 0 Å². The first-order valence-corrected chi connectivity index (χ1v) is 11.2. The van der Waals surface area contributed by atoms with E-state index in [9.17, 15) is 19.5 Å². The molecule has 182 valence electrons. The summed E-state index contributed by atoms with van der Waals surface area (Å²) in [5.74, 6) is -1.90. The van der Waals surface area contributed by atoms with Crippen LogP contribution in [0.2, 0.25) is 0 Å². The van der Waals surface area contributed by atoms with Gasteiger partial charge < -0.3 is 30.1 Å². The summed E-state index contributed by atoms with van der Waals surface area (Å²) in [5, 5.41) is 14.3. The molecule has 0 aromatic heterocycles. The quantitative estimate of drug-likeness (QED) is 0.436. The van der Waals surface area contributed by atoms with Crippen LogP contribution in [0.1, 0.15) is 23.5 Å². The number of aliphatic carboxylic acids is 1. The van der Waals surface area contributed by atoms with Gasteiger partial charge in [-0.15, -0.1) is 0 Å². The zero-order valence-corrected chi connectivity index (χ0v) is 19.5. The Balaban J connectivity index is 1.56. The van der Waals surface area contributed by atoms with Crippen LogP contribution in [0.5, 0.6) is 0 Å². The predicted molar refractivity (Wildman–Crippen MR) is 127 cm³/mol. The van der Waals surface area contributed by atoms with Crippen LogP contribution in [-0.4, -0.2) is 81.0 Å². The summed E-state index contributed by atoms with van der Waals surface area (Å²) in [6.45, 7) is 2.20. The first-order chi connectivity index (χ1) is 16.4. The van der Waals surface area contributed by atoms with Crippen molar-refractivity contribution < 1.29 is 29.0 Å². The molecule has 0 aliphatic heterocycles. The van der Waals surface area contributed by atoms with E-state index in [1.54, 1.807) is 7.11 Å². The molecular weight excluding hydrogens is 438 g/mol. The topological polar surface area (TPSA) is 117 Å². The Bertz CT molecular complexity index is 966. The van der Waals surface area contributed by atoms with Gasteiger partial charge in [0, 0.05) is 32.7 Å². The van der Waals surface area contributed by atoms with Crippen LogP contribution in [0.4, 0.5) is 4.79 Å². The molecule has 3 rings (SSSR count). The normalized spacial score (nSPS) is 13.1. The number of fused-ring (bicyclic) bond motifs is 3. The van der Waals surface area contributed by atoms with Crippen molar-refractivity contribution in [3.63, 3.8) is 0 Å². The van der Waals surface area contributed by atoms with E-state index in [-0.39, 0.29) is 12.5 Å². The van der Waals surface area contributed by atoms with E-state index in [0.717, 1.165) is 22.3 Å². The Hall–Kier alpha value is -3.43. The minimum absolute atomic E-state index is 0.0750. The summed E-state index contributed by atoms with van der Waals surface area (Å²) in [6.07, 6.45) is -1.38. The molecule has 34 heavy (non-hydrogen) atoms. The van der Waals surface area contributed by atoms with Crippen LogP contribution in [0.15, 0.2) is 48.5 Å². The second-order valence-electron chi connectivity index (χ2n) is 8.21. The highest BCUT2D eigenvalue weighted by atomic mass is 16.5. The average Bonchev–Trinajstić information content (AvgIpc) is 3.14. The molecule has 0 spiro atoms. The molecule has 9 nitrogen and oxygen atoms in total. The minimum Gasteiger partial charge on any atom is -0.481 e. The highest BCUT2D eigenvalue weighted by Gasteiger charge is 2.30. The van der Waals surface area contributed by atoms with E-state index in [1.165, 1.54) is 0 Å². The molecule has 0 bridgehead atoms. The number of nitrogens with zero attached hydrogens (tertiary/aromatic N) is 1. The van der Waals surface area contributed by atoms with Crippen molar-refractivity contribution >= 4 is 18.0 Å². The Morgan fingerprint density at radius 3 is 2.24 bits per heavy atom. The van der Waals surface area contributed by atoms with Gasteiger partial charge in [-0.1, -0.05) is 48.5 Å². The molecule has 0 saturated carbocycles. The van der Waals surface area contributed by atoms with Crippen molar-refractivity contribution in [3.05, 3.63) is 59.7 Å². The molecular formula is C25H31N3O6. The third kappa shape index (κ3) is 6.55. The van der Waals surface area contributed by atoms with Crippen molar-refractivity contribution in [2.45, 2.75) is 18.4 Å². The zero-order valence-electron chi connectivity index (χ0n) is 19.5. The van der Waals surface area contributed by atoms with Crippen molar-refractivity contribution in [2.75, 3.05) is 47.0 Å². The first kappa shape index (κ1) is 25.2. The SMILES string of the molecule is COCCN(C)CCNC(=O)C(CC(=O)O)NC(=O)OCC1c2ccccc2-c2ccccc21. The van der Waals surface area contributed by atoms with Crippen LogP contribution < -0.4 is 10.6 Å². The van der Waals surface area contributed by atoms with Gasteiger partial charge in [0.05, 0.1) is 13.0 Å². The molecule has 1 aliphatic carbocycles. The van der Waals surface area contributed by atoms with Crippen LogP contribution in [-0.2, 0) is 19.1 Å². The lowest BCUT2D eigenvalue weighted by Crippen LogP contribution is -2.49. The maximum Gasteiger partial charge on any atom is 0.407 e. The first-order valence-electron chi connectivity index (χ1n) is 11.2. The minimum atomic E-state index is -1.24. The number of carbonyl (C=O) groups excluding carboxylic acids is 2. The Kier molecular flexibility index (Phi) is 9.00. The van der Waals surface area contributed by atoms with E-state index in [2.05, 4.69) is 10.6 Å². The highest BCUT2D eigenvalue weighted by molar-refractivity contribution is 5.89. The van der Waals surface area contributed by atoms with Gasteiger partial charge in [0.2, 0.25) is 5.91 Å². The number of carboxylic acid groups (broad SMARTS) is 1. The molecule has 0 heterocycles. The number of benzene rings is 2. The smallest absolute Gasteiger partial charge is 0.407 e. The molecule has 1 aliphatic rings. The second kappa shape index (κ2) is 12.2. The number of hydrogen-bond acceptors (Lipinski definition) is 6. The number of ether oxygens (including phenoxy) is 2. The van der Waals surface area contributed by atoms with Crippen LogP contribution >= 0.6 is 0 Å². The molecule has 1 unspecified atom stereocenters. The number of carboxylic acids is 1. The fourth-order valence-corrected chi connectivity index (χ4v) is 4.02. The number of rotatable bonds is 12. The van der Waals surface area contributed by atoms with Crippen molar-refractivity contribution in [1.29, 1.82) is 0 Å². The molecule has 2 amide bonds. The van der Waals surface area contributed by atoms with Crippen LogP contribution in [0.25, 0.3) is 11.1 Å². The fourth-order valence-electron chi connectivity index (χ4n) is 4.02. The molecule has 2 aromatic carbocycles. The summed E-state index contributed by atoms with van der Waals surface area (Å²) >= 11 is 0. The Morgan fingerprint density at radius 1 is 1.03 bits per heavy atom. The number of methoxy groups -OCH3 is 1. The zero-order chi connectivity index (χ0) is 24.5. The van der Waals surface area contributed by atoms with E-state index in [0.29, 0.717) is 26.2 Å². The summed E-state index contributed by atoms with van der Waals surface area (Å²) in [5.41, 5.74) is 4.33. The van der Waals surface area contributed by atoms with E-state index >= 15 is 0 Å². The van der Waals surface area contributed by atoms with Crippen LogP contribution in [0, 0.1) is 0 Å². The molecule has 0 saturated heterocycles. The summed E-state index contributed by atoms with van der Waals surface area (Å²) in [6, 6.07) is 14.7. The standard InChI is InChI=1S/C25H31N3O6/c1-28(13-14-33-2)12-11-26-24(31)22(15-23(29)30)27-25(32)34-16-21-19-9-5-3-7-17(19)18-8-4-6-10-20(18)21/h3-10,21-22H,11-16H2,1-2H3,(H,26,31)(H,27,32)(H,29,30). The van der Waals surface area contributed by atoms with Gasteiger partial charge in [0.25, 0.3) is 0 Å². The summed E-state index contributed by atoms with van der Waals surface area (Å²) < 4.78 is 10.5. The highest BCUT2D eigenvalue weighted by Crippen LogP contribution is 2.44. The molecule has 0 radical (unpaired) electrons. The van der Waals surface area contributed by atoms with Crippen molar-refractivity contribution in [2.24, 2.45) is 0 Å². The lowest BCUT2D eigenvalue weighted by Gasteiger charge is -2.20. The number of hydrogen-bond donors (Lipinski definition) is 3. The van der Waals surface area contributed by atoms with Crippen molar-refractivity contribution in [3.8, 4) is 11.1 Å². The van der Waals surface area contributed by atoms with Gasteiger partial charge >= 0.3 is 12.1 Å². The number of carbonyl (C=O) groups is 3. The van der Waals surface area contributed by atoms with Crippen LogP contribution in [0.3, 0.4) is 0 Å². The maximum absolute atomic E-state index is 12.5. The largest absolute Gasteiger partial charge is 0.481 e. The predicted octanol–water partition coefficient (Wildman–Crippen LogP) is 2.06.